The number of nitrogens with zero attached hydrogens (tertiary/aromatic N) is 3. The molecule has 0 saturated heterocycles. The first kappa shape index (κ1) is 18.6. The van der Waals surface area contributed by atoms with Crippen LogP contribution in [0.2, 0.25) is 5.02 Å². The van der Waals surface area contributed by atoms with E-state index < -0.39 is 0 Å². The van der Waals surface area contributed by atoms with Gasteiger partial charge in [-0.25, -0.2) is 0 Å². The zero-order valence-corrected chi connectivity index (χ0v) is 16.5. The lowest BCUT2D eigenvalue weighted by atomic mass is 10.1. The van der Waals surface area contributed by atoms with Gasteiger partial charge >= 0.3 is 0 Å². The molecule has 6 heteroatoms. The highest BCUT2D eigenvalue weighted by molar-refractivity contribution is 6.30. The molecule has 0 radical (unpaired) electrons. The number of methoxy groups -OCH3 is 1. The van der Waals surface area contributed by atoms with Gasteiger partial charge in [-0.3, -0.25) is 9.48 Å². The average Bonchev–Trinajstić information content (AvgIpc) is 3.00. The van der Waals surface area contributed by atoms with Crippen molar-refractivity contribution in [3.8, 4) is 17.0 Å². The summed E-state index contributed by atoms with van der Waals surface area (Å²) in [5.41, 5.74) is 3.90. The van der Waals surface area contributed by atoms with Gasteiger partial charge in [0.15, 0.2) is 0 Å². The summed E-state index contributed by atoms with van der Waals surface area (Å²) in [6.07, 6.45) is 1.22. The number of carbonyl (C=O) groups excluding carboxylic acids is 1. The number of hydrogen-bond donors (Lipinski definition) is 0. The van der Waals surface area contributed by atoms with Gasteiger partial charge in [0.1, 0.15) is 5.75 Å². The topological polar surface area (TPSA) is 47.4 Å². The minimum absolute atomic E-state index is 0.104. The second-order valence-corrected chi connectivity index (χ2v) is 7.34. The van der Waals surface area contributed by atoms with Gasteiger partial charge in [0.05, 0.1) is 31.5 Å². The SMILES string of the molecule is COc1ccccc1CC(=O)N1CCCn2nc(-c3ccc(Cl)cc3)cc2C1. The summed E-state index contributed by atoms with van der Waals surface area (Å²) in [6.45, 7) is 2.10. The zero-order chi connectivity index (χ0) is 19.5. The van der Waals surface area contributed by atoms with Gasteiger partial charge in [-0.05, 0) is 30.7 Å². The van der Waals surface area contributed by atoms with Crippen LogP contribution in [0, 0.1) is 0 Å². The monoisotopic (exact) mass is 395 g/mol. The van der Waals surface area contributed by atoms with E-state index in [-0.39, 0.29) is 5.91 Å². The molecule has 5 nitrogen and oxygen atoms in total. The lowest BCUT2D eigenvalue weighted by molar-refractivity contribution is -0.131. The zero-order valence-electron chi connectivity index (χ0n) is 15.8. The van der Waals surface area contributed by atoms with Crippen molar-refractivity contribution in [1.29, 1.82) is 0 Å². The molecule has 2 aromatic carbocycles. The van der Waals surface area contributed by atoms with Crippen molar-refractivity contribution >= 4 is 17.5 Å². The Morgan fingerprint density at radius 2 is 1.93 bits per heavy atom. The molecule has 2 heterocycles. The summed E-state index contributed by atoms with van der Waals surface area (Å²) < 4.78 is 7.40. The minimum Gasteiger partial charge on any atom is -0.496 e. The quantitative estimate of drug-likeness (QED) is 0.665. The summed E-state index contributed by atoms with van der Waals surface area (Å²) >= 11 is 5.99. The van der Waals surface area contributed by atoms with Crippen molar-refractivity contribution in [2.75, 3.05) is 13.7 Å². The number of hydrogen-bond acceptors (Lipinski definition) is 3. The maximum atomic E-state index is 12.9. The van der Waals surface area contributed by atoms with E-state index in [4.69, 9.17) is 21.4 Å². The number of aromatic nitrogens is 2. The van der Waals surface area contributed by atoms with Crippen LogP contribution in [0.15, 0.2) is 54.6 Å². The Morgan fingerprint density at radius 1 is 1.14 bits per heavy atom. The number of aryl methyl sites for hydroxylation is 1. The van der Waals surface area contributed by atoms with E-state index in [2.05, 4.69) is 6.07 Å². The number of benzene rings is 2. The molecule has 0 aliphatic carbocycles. The molecule has 0 N–H and O–H groups in total. The third kappa shape index (κ3) is 3.90. The lowest BCUT2D eigenvalue weighted by Gasteiger charge is -2.20. The molecule has 3 aromatic rings. The van der Waals surface area contributed by atoms with Crippen molar-refractivity contribution in [3.63, 3.8) is 0 Å². The molecule has 4 rings (SSSR count). The first-order valence-electron chi connectivity index (χ1n) is 9.36. The fourth-order valence-electron chi connectivity index (χ4n) is 3.56. The number of ether oxygens (including phenoxy) is 1. The maximum Gasteiger partial charge on any atom is 0.227 e. The van der Waals surface area contributed by atoms with Crippen LogP contribution in [-0.4, -0.2) is 34.2 Å². The Kier molecular flexibility index (Phi) is 5.35. The third-order valence-corrected chi connectivity index (χ3v) is 5.29. The molecule has 0 unspecified atom stereocenters. The Balaban J connectivity index is 1.52. The van der Waals surface area contributed by atoms with Crippen LogP contribution in [0.4, 0.5) is 0 Å². The van der Waals surface area contributed by atoms with Crippen LogP contribution in [-0.2, 0) is 24.3 Å². The molecule has 1 aliphatic rings. The largest absolute Gasteiger partial charge is 0.496 e. The van der Waals surface area contributed by atoms with Crippen molar-refractivity contribution in [1.82, 2.24) is 14.7 Å². The Bertz CT molecular complexity index is 982. The first-order valence-corrected chi connectivity index (χ1v) is 9.74. The van der Waals surface area contributed by atoms with Gasteiger partial charge in [0.25, 0.3) is 0 Å². The standard InChI is InChI=1S/C22H22ClN3O2/c1-28-21-6-3-2-5-17(21)13-22(27)25-11-4-12-26-19(15-25)14-20(24-26)16-7-9-18(23)10-8-16/h2-3,5-10,14H,4,11-13,15H2,1H3. The van der Waals surface area contributed by atoms with Crippen LogP contribution in [0.25, 0.3) is 11.3 Å². The summed E-state index contributed by atoms with van der Waals surface area (Å²) in [5.74, 6) is 0.855. The summed E-state index contributed by atoms with van der Waals surface area (Å²) in [5, 5.41) is 5.44. The van der Waals surface area contributed by atoms with Gasteiger partial charge < -0.3 is 9.64 Å². The van der Waals surface area contributed by atoms with E-state index in [0.717, 1.165) is 47.8 Å². The number of carbonyl (C=O) groups is 1. The summed E-state index contributed by atoms with van der Waals surface area (Å²) in [7, 11) is 1.63. The Labute approximate surface area is 169 Å². The summed E-state index contributed by atoms with van der Waals surface area (Å²) in [4.78, 5) is 14.9. The van der Waals surface area contributed by atoms with Crippen LogP contribution < -0.4 is 4.74 Å². The lowest BCUT2D eigenvalue weighted by Crippen LogP contribution is -2.32. The van der Waals surface area contributed by atoms with Gasteiger partial charge in [0.2, 0.25) is 5.91 Å². The molecule has 144 valence electrons. The van der Waals surface area contributed by atoms with Crippen LogP contribution >= 0.6 is 11.6 Å². The number of amides is 1. The highest BCUT2D eigenvalue weighted by Gasteiger charge is 2.22. The number of para-hydroxylation sites is 1. The Hall–Kier alpha value is -2.79. The normalized spacial score (nSPS) is 13.7. The molecular formula is C22H22ClN3O2. The van der Waals surface area contributed by atoms with Crippen molar-refractivity contribution in [3.05, 3.63) is 70.9 Å². The van der Waals surface area contributed by atoms with Gasteiger partial charge in [-0.15, -0.1) is 0 Å². The van der Waals surface area contributed by atoms with Crippen LogP contribution in [0.5, 0.6) is 5.75 Å². The number of fused-ring (bicyclic) bond motifs is 1. The molecule has 1 amide bonds. The van der Waals surface area contributed by atoms with E-state index in [1.54, 1.807) is 7.11 Å². The first-order chi connectivity index (χ1) is 13.6. The molecule has 1 aromatic heterocycles. The molecule has 1 aliphatic heterocycles. The van der Waals surface area contributed by atoms with E-state index >= 15 is 0 Å². The van der Waals surface area contributed by atoms with Crippen LogP contribution in [0.3, 0.4) is 0 Å². The second-order valence-electron chi connectivity index (χ2n) is 6.91. The van der Waals surface area contributed by atoms with Crippen LogP contribution in [0.1, 0.15) is 17.7 Å². The van der Waals surface area contributed by atoms with E-state index in [9.17, 15) is 4.79 Å². The maximum absolute atomic E-state index is 12.9. The van der Waals surface area contributed by atoms with Gasteiger partial charge in [-0.2, -0.15) is 5.10 Å². The average molecular weight is 396 g/mol. The highest BCUT2D eigenvalue weighted by Crippen LogP contribution is 2.24. The number of rotatable bonds is 4. The second kappa shape index (κ2) is 8.07. The van der Waals surface area contributed by atoms with Crippen molar-refractivity contribution < 1.29 is 9.53 Å². The van der Waals surface area contributed by atoms with E-state index in [0.29, 0.717) is 18.0 Å². The Morgan fingerprint density at radius 3 is 2.71 bits per heavy atom. The predicted octanol–water partition coefficient (Wildman–Crippen LogP) is 4.19. The highest BCUT2D eigenvalue weighted by atomic mass is 35.5. The third-order valence-electron chi connectivity index (χ3n) is 5.04. The molecule has 28 heavy (non-hydrogen) atoms. The molecule has 0 bridgehead atoms. The molecule has 0 spiro atoms. The fourth-order valence-corrected chi connectivity index (χ4v) is 3.69. The van der Waals surface area contributed by atoms with Gasteiger partial charge in [0, 0.05) is 29.2 Å². The fraction of sp³-hybridized carbons (Fsp3) is 0.273. The predicted molar refractivity (Wildman–Crippen MR) is 109 cm³/mol. The smallest absolute Gasteiger partial charge is 0.227 e. The summed E-state index contributed by atoms with van der Waals surface area (Å²) in [6, 6.07) is 17.4. The molecule has 0 atom stereocenters. The molecule has 0 fully saturated rings. The number of halogens is 1. The minimum atomic E-state index is 0.104. The van der Waals surface area contributed by atoms with Crippen molar-refractivity contribution in [2.45, 2.75) is 25.9 Å². The van der Waals surface area contributed by atoms with E-state index in [1.165, 1.54) is 0 Å². The van der Waals surface area contributed by atoms with Gasteiger partial charge in [-0.1, -0.05) is 41.9 Å². The molecular weight excluding hydrogens is 374 g/mol. The van der Waals surface area contributed by atoms with Crippen molar-refractivity contribution in [2.24, 2.45) is 0 Å². The van der Waals surface area contributed by atoms with E-state index in [1.807, 2.05) is 58.1 Å². The molecule has 0 saturated carbocycles.